The van der Waals surface area contributed by atoms with Crippen molar-refractivity contribution in [3.05, 3.63) is 35.9 Å². The van der Waals surface area contributed by atoms with Crippen LogP contribution in [0.4, 0.5) is 0 Å². The average molecular weight is 351 g/mol. The number of carbonyl (C=O) groups is 2. The molecule has 1 amide bonds. The van der Waals surface area contributed by atoms with Gasteiger partial charge in [-0.1, -0.05) is 30.3 Å². The predicted octanol–water partition coefficient (Wildman–Crippen LogP) is 0.955. The second-order valence-corrected chi connectivity index (χ2v) is 9.16. The number of hydrogen-bond acceptors (Lipinski definition) is 5. The van der Waals surface area contributed by atoms with Crippen LogP contribution in [0.5, 0.6) is 0 Å². The molecule has 7 heteroatoms. The summed E-state index contributed by atoms with van der Waals surface area (Å²) in [6.07, 6.45) is 1.81. The van der Waals surface area contributed by atoms with E-state index in [4.69, 9.17) is 4.74 Å². The van der Waals surface area contributed by atoms with E-state index in [9.17, 15) is 18.0 Å². The maximum Gasteiger partial charge on any atom is 0.317 e. The molecule has 3 rings (SSSR count). The first kappa shape index (κ1) is 17.0. The van der Waals surface area contributed by atoms with E-state index in [-0.39, 0.29) is 18.1 Å². The standard InChI is InChI=1S/C17H21NO5S/c1-16(9-10-24(21,22)12-16)18-14(19)11-23-15(20)17(7-8-17)13-5-3-2-4-6-13/h2-6H,7-12H2,1H3,(H,18,19)/t16-/m1/s1. The molecule has 0 bridgehead atoms. The van der Waals surface area contributed by atoms with Crippen LogP contribution in [0, 0.1) is 0 Å². The van der Waals surface area contributed by atoms with E-state index in [1.807, 2.05) is 30.3 Å². The van der Waals surface area contributed by atoms with Crippen LogP contribution in [-0.2, 0) is 29.6 Å². The molecule has 0 spiro atoms. The largest absolute Gasteiger partial charge is 0.455 e. The van der Waals surface area contributed by atoms with Gasteiger partial charge in [-0.25, -0.2) is 8.42 Å². The Hall–Kier alpha value is -1.89. The van der Waals surface area contributed by atoms with Gasteiger partial charge in [-0.2, -0.15) is 0 Å². The Bertz CT molecular complexity index is 754. The third-order valence-electron chi connectivity index (χ3n) is 4.75. The molecule has 1 saturated heterocycles. The number of benzene rings is 1. The molecule has 1 aliphatic heterocycles. The van der Waals surface area contributed by atoms with Gasteiger partial charge >= 0.3 is 5.97 Å². The van der Waals surface area contributed by atoms with Crippen molar-refractivity contribution >= 4 is 21.7 Å². The Morgan fingerprint density at radius 1 is 1.17 bits per heavy atom. The molecular weight excluding hydrogens is 330 g/mol. The minimum Gasteiger partial charge on any atom is -0.455 e. The third kappa shape index (κ3) is 3.45. The fraction of sp³-hybridized carbons (Fsp3) is 0.529. The summed E-state index contributed by atoms with van der Waals surface area (Å²) in [5.74, 6) is -0.867. The number of esters is 1. The van der Waals surface area contributed by atoms with E-state index in [0.717, 1.165) is 5.56 Å². The summed E-state index contributed by atoms with van der Waals surface area (Å²) >= 11 is 0. The lowest BCUT2D eigenvalue weighted by molar-refractivity contribution is -0.151. The zero-order chi connectivity index (χ0) is 17.4. The quantitative estimate of drug-likeness (QED) is 0.798. The summed E-state index contributed by atoms with van der Waals surface area (Å²) in [7, 11) is -3.10. The first-order valence-electron chi connectivity index (χ1n) is 7.99. The molecule has 6 nitrogen and oxygen atoms in total. The number of nitrogens with one attached hydrogen (secondary N) is 1. The van der Waals surface area contributed by atoms with Gasteiger partial charge in [0.2, 0.25) is 0 Å². The molecule has 1 saturated carbocycles. The lowest BCUT2D eigenvalue weighted by Crippen LogP contribution is -2.48. The Balaban J connectivity index is 1.55. The van der Waals surface area contributed by atoms with Crippen LogP contribution in [0.15, 0.2) is 30.3 Å². The molecule has 1 atom stereocenters. The highest BCUT2D eigenvalue weighted by atomic mass is 32.2. The first-order valence-corrected chi connectivity index (χ1v) is 9.81. The molecule has 1 aromatic carbocycles. The lowest BCUT2D eigenvalue weighted by atomic mass is 9.96. The van der Waals surface area contributed by atoms with Gasteiger partial charge in [0.25, 0.3) is 5.91 Å². The van der Waals surface area contributed by atoms with Crippen LogP contribution in [0.25, 0.3) is 0 Å². The van der Waals surface area contributed by atoms with Gasteiger partial charge in [-0.15, -0.1) is 0 Å². The summed E-state index contributed by atoms with van der Waals surface area (Å²) in [5.41, 5.74) is -0.495. The van der Waals surface area contributed by atoms with E-state index in [0.29, 0.717) is 19.3 Å². The number of ether oxygens (including phenoxy) is 1. The minimum absolute atomic E-state index is 0.0701. The van der Waals surface area contributed by atoms with Crippen LogP contribution in [0.1, 0.15) is 31.7 Å². The number of sulfone groups is 1. The van der Waals surface area contributed by atoms with Gasteiger partial charge < -0.3 is 10.1 Å². The molecule has 2 aliphatic rings. The molecular formula is C17H21NO5S. The highest BCUT2D eigenvalue weighted by Gasteiger charge is 2.52. The highest BCUT2D eigenvalue weighted by Crippen LogP contribution is 2.49. The van der Waals surface area contributed by atoms with Gasteiger partial charge in [0, 0.05) is 0 Å². The number of hydrogen-bond donors (Lipinski definition) is 1. The van der Waals surface area contributed by atoms with E-state index in [2.05, 4.69) is 5.32 Å². The van der Waals surface area contributed by atoms with Gasteiger partial charge in [-0.05, 0) is 31.7 Å². The summed E-state index contributed by atoms with van der Waals surface area (Å²) in [4.78, 5) is 24.4. The van der Waals surface area contributed by atoms with Crippen molar-refractivity contribution in [1.82, 2.24) is 5.32 Å². The van der Waals surface area contributed by atoms with Crippen molar-refractivity contribution in [3.8, 4) is 0 Å². The monoisotopic (exact) mass is 351 g/mol. The second kappa shape index (κ2) is 5.88. The van der Waals surface area contributed by atoms with E-state index in [1.165, 1.54) is 0 Å². The molecule has 2 fully saturated rings. The molecule has 1 N–H and O–H groups in total. The summed E-state index contributed by atoms with van der Waals surface area (Å²) in [6.45, 7) is 1.31. The molecule has 0 unspecified atom stereocenters. The fourth-order valence-corrected chi connectivity index (χ4v) is 5.34. The SMILES string of the molecule is C[C@@]1(NC(=O)COC(=O)C2(c3ccccc3)CC2)CCS(=O)(=O)C1. The van der Waals surface area contributed by atoms with Crippen LogP contribution >= 0.6 is 0 Å². The van der Waals surface area contributed by atoms with Crippen LogP contribution in [0.2, 0.25) is 0 Å². The van der Waals surface area contributed by atoms with Gasteiger partial charge in [0.1, 0.15) is 0 Å². The van der Waals surface area contributed by atoms with Crippen LogP contribution < -0.4 is 5.32 Å². The molecule has 1 aromatic rings. The van der Waals surface area contributed by atoms with Crippen molar-refractivity contribution in [1.29, 1.82) is 0 Å². The summed E-state index contributed by atoms with van der Waals surface area (Å²) in [6, 6.07) is 9.40. The van der Waals surface area contributed by atoms with E-state index >= 15 is 0 Å². The van der Waals surface area contributed by atoms with Crippen molar-refractivity contribution in [2.24, 2.45) is 0 Å². The lowest BCUT2D eigenvalue weighted by Gasteiger charge is -2.24. The number of amides is 1. The van der Waals surface area contributed by atoms with Crippen molar-refractivity contribution in [3.63, 3.8) is 0 Å². The van der Waals surface area contributed by atoms with E-state index in [1.54, 1.807) is 6.92 Å². The Kier molecular flexibility index (Phi) is 4.15. The zero-order valence-electron chi connectivity index (χ0n) is 13.6. The molecule has 24 heavy (non-hydrogen) atoms. The average Bonchev–Trinajstić information content (AvgIpc) is 3.28. The highest BCUT2D eigenvalue weighted by molar-refractivity contribution is 7.91. The number of rotatable bonds is 5. The smallest absolute Gasteiger partial charge is 0.317 e. The van der Waals surface area contributed by atoms with Crippen molar-refractivity contribution in [2.75, 3.05) is 18.1 Å². The minimum atomic E-state index is -3.10. The third-order valence-corrected chi connectivity index (χ3v) is 6.65. The Labute approximate surface area is 141 Å². The van der Waals surface area contributed by atoms with Crippen LogP contribution in [-0.4, -0.2) is 43.9 Å². The molecule has 130 valence electrons. The Morgan fingerprint density at radius 3 is 2.38 bits per heavy atom. The number of carbonyl (C=O) groups excluding carboxylic acids is 2. The van der Waals surface area contributed by atoms with E-state index < -0.39 is 32.7 Å². The maximum atomic E-state index is 12.4. The molecule has 1 heterocycles. The van der Waals surface area contributed by atoms with Crippen LogP contribution in [0.3, 0.4) is 0 Å². The maximum absolute atomic E-state index is 12.4. The molecule has 0 radical (unpaired) electrons. The molecule has 1 aliphatic carbocycles. The normalized spacial score (nSPS) is 26.5. The summed E-state index contributed by atoms with van der Waals surface area (Å²) < 4.78 is 28.3. The first-order chi connectivity index (χ1) is 11.2. The zero-order valence-corrected chi connectivity index (χ0v) is 14.4. The second-order valence-electron chi connectivity index (χ2n) is 6.98. The predicted molar refractivity (Wildman–Crippen MR) is 88.1 cm³/mol. The topological polar surface area (TPSA) is 89.5 Å². The van der Waals surface area contributed by atoms with Gasteiger partial charge in [0.15, 0.2) is 16.4 Å². The summed E-state index contributed by atoms with van der Waals surface area (Å²) in [5, 5.41) is 2.68. The fourth-order valence-electron chi connectivity index (χ4n) is 3.24. The van der Waals surface area contributed by atoms with Gasteiger partial charge in [-0.3, -0.25) is 9.59 Å². The van der Waals surface area contributed by atoms with Gasteiger partial charge in [0.05, 0.1) is 22.5 Å². The Morgan fingerprint density at radius 2 is 1.83 bits per heavy atom. The van der Waals surface area contributed by atoms with Crippen molar-refractivity contribution in [2.45, 2.75) is 37.1 Å². The molecule has 0 aromatic heterocycles. The van der Waals surface area contributed by atoms with Crippen molar-refractivity contribution < 1.29 is 22.7 Å².